The molecule has 3 aromatic heterocycles. The lowest BCUT2D eigenvalue weighted by atomic mass is 10.1. The number of anilines is 4. The normalized spacial score (nSPS) is 13.9. The Labute approximate surface area is 232 Å². The molecule has 11 heteroatoms. The number of hydrogen-bond acceptors (Lipinski definition) is 10. The molecule has 202 valence electrons. The van der Waals surface area contributed by atoms with Crippen LogP contribution in [0.15, 0.2) is 42.9 Å². The molecule has 5 rings (SSSR count). The number of nitrogens with one attached hydrogen (secondary N) is 2. The van der Waals surface area contributed by atoms with E-state index < -0.39 is 0 Å². The highest BCUT2D eigenvalue weighted by molar-refractivity contribution is 7.17. The summed E-state index contributed by atoms with van der Waals surface area (Å²) in [7, 11) is 0. The minimum atomic E-state index is -0.189. The fourth-order valence-corrected chi connectivity index (χ4v) is 5.41. The molecule has 0 atom stereocenters. The van der Waals surface area contributed by atoms with E-state index in [0.717, 1.165) is 49.5 Å². The highest BCUT2D eigenvalue weighted by Crippen LogP contribution is 2.26. The first-order valence-electron chi connectivity index (χ1n) is 13.1. The highest BCUT2D eigenvalue weighted by Gasteiger charge is 2.21. The second-order valence-corrected chi connectivity index (χ2v) is 10.8. The lowest BCUT2D eigenvalue weighted by Gasteiger charge is -2.34. The van der Waals surface area contributed by atoms with Crippen LogP contribution in [0.25, 0.3) is 0 Å². The van der Waals surface area contributed by atoms with Gasteiger partial charge in [0.2, 0.25) is 11.9 Å². The van der Waals surface area contributed by atoms with Crippen LogP contribution in [0.2, 0.25) is 0 Å². The molecule has 1 aliphatic rings. The number of aromatic nitrogens is 5. The standard InChI is InChI=1S/C28H33N9OS/c1-5-23-31-26(34-27(32-23)37-12-10-36(11-13-37)17-21-6-8-29-9-7-21)35-28-30-16-22(39-28)25(38)33-24-19(3)14-18(2)15-20(24)4/h6-9,14-16H,5,10-13,17H2,1-4H3,(H,33,38)(H,30,31,32,34,35). The maximum absolute atomic E-state index is 12.9. The number of carbonyl (C=O) groups is 1. The first-order valence-corrected chi connectivity index (χ1v) is 13.9. The van der Waals surface area contributed by atoms with Crippen LogP contribution >= 0.6 is 11.3 Å². The third-order valence-electron chi connectivity index (χ3n) is 6.66. The molecule has 1 saturated heterocycles. The monoisotopic (exact) mass is 543 g/mol. The van der Waals surface area contributed by atoms with Crippen molar-refractivity contribution in [2.45, 2.75) is 40.7 Å². The maximum Gasteiger partial charge on any atom is 0.267 e. The van der Waals surface area contributed by atoms with Gasteiger partial charge >= 0.3 is 0 Å². The van der Waals surface area contributed by atoms with Gasteiger partial charge in [-0.05, 0) is 49.6 Å². The lowest BCUT2D eigenvalue weighted by molar-refractivity contribution is 0.103. The zero-order chi connectivity index (χ0) is 27.4. The van der Waals surface area contributed by atoms with Crippen molar-refractivity contribution in [2.75, 3.05) is 41.7 Å². The SMILES string of the molecule is CCc1nc(Nc2ncc(C(=O)Nc3c(C)cc(C)cc3C)s2)nc(N2CCN(Cc3ccncc3)CC2)n1. The van der Waals surface area contributed by atoms with Gasteiger partial charge in [-0.1, -0.05) is 36.0 Å². The van der Waals surface area contributed by atoms with E-state index in [1.54, 1.807) is 6.20 Å². The van der Waals surface area contributed by atoms with E-state index in [-0.39, 0.29) is 5.91 Å². The van der Waals surface area contributed by atoms with Gasteiger partial charge in [0.1, 0.15) is 10.7 Å². The number of hydrogen-bond donors (Lipinski definition) is 2. The quantitative estimate of drug-likeness (QED) is 0.331. The molecule has 1 aromatic carbocycles. The Morgan fingerprint density at radius 3 is 2.41 bits per heavy atom. The lowest BCUT2D eigenvalue weighted by Crippen LogP contribution is -2.46. The summed E-state index contributed by atoms with van der Waals surface area (Å²) in [5.74, 6) is 1.61. The summed E-state index contributed by atoms with van der Waals surface area (Å²) >= 11 is 1.27. The average molecular weight is 544 g/mol. The van der Waals surface area contributed by atoms with E-state index in [1.807, 2.05) is 40.1 Å². The van der Waals surface area contributed by atoms with E-state index in [0.29, 0.717) is 34.2 Å². The number of thiazole rings is 1. The molecule has 0 unspecified atom stereocenters. The highest BCUT2D eigenvalue weighted by atomic mass is 32.1. The number of nitrogens with zero attached hydrogens (tertiary/aromatic N) is 7. The molecule has 39 heavy (non-hydrogen) atoms. The Kier molecular flexibility index (Phi) is 8.08. The van der Waals surface area contributed by atoms with Crippen LogP contribution in [-0.4, -0.2) is 61.9 Å². The molecule has 0 spiro atoms. The minimum absolute atomic E-state index is 0.189. The fraction of sp³-hybridized carbons (Fsp3) is 0.357. The van der Waals surface area contributed by atoms with Gasteiger partial charge in [-0.15, -0.1) is 0 Å². The molecule has 1 amide bonds. The van der Waals surface area contributed by atoms with Gasteiger partial charge in [0, 0.05) is 57.2 Å². The molecule has 0 bridgehead atoms. The Morgan fingerprint density at radius 2 is 1.72 bits per heavy atom. The van der Waals surface area contributed by atoms with Crippen LogP contribution in [0.3, 0.4) is 0 Å². The molecule has 1 fully saturated rings. The first kappa shape index (κ1) is 26.6. The van der Waals surface area contributed by atoms with Crippen LogP contribution in [0.5, 0.6) is 0 Å². The van der Waals surface area contributed by atoms with E-state index in [9.17, 15) is 4.79 Å². The summed E-state index contributed by atoms with van der Waals surface area (Å²) in [6, 6.07) is 8.24. The zero-order valence-electron chi connectivity index (χ0n) is 22.7. The number of rotatable bonds is 8. The van der Waals surface area contributed by atoms with Gasteiger partial charge < -0.3 is 10.2 Å². The molecule has 10 nitrogen and oxygen atoms in total. The van der Waals surface area contributed by atoms with E-state index >= 15 is 0 Å². The summed E-state index contributed by atoms with van der Waals surface area (Å²) < 4.78 is 0. The number of benzene rings is 1. The molecule has 1 aliphatic heterocycles. The first-order chi connectivity index (χ1) is 18.9. The minimum Gasteiger partial charge on any atom is -0.338 e. The number of pyridine rings is 1. The molecular formula is C28H33N9OS. The molecule has 4 aromatic rings. The van der Waals surface area contributed by atoms with Crippen molar-refractivity contribution in [3.63, 3.8) is 0 Å². The van der Waals surface area contributed by atoms with Crippen molar-refractivity contribution >= 4 is 40.0 Å². The van der Waals surface area contributed by atoms with E-state index in [2.05, 4.69) is 64.6 Å². The molecule has 0 saturated carbocycles. The van der Waals surface area contributed by atoms with Crippen molar-refractivity contribution in [2.24, 2.45) is 0 Å². The van der Waals surface area contributed by atoms with Gasteiger partial charge in [-0.25, -0.2) is 4.98 Å². The number of aryl methyl sites for hydroxylation is 4. The Balaban J connectivity index is 1.24. The third-order valence-corrected chi connectivity index (χ3v) is 7.57. The number of amides is 1. The summed E-state index contributed by atoms with van der Waals surface area (Å²) in [5.41, 5.74) is 5.34. The topological polar surface area (TPSA) is 112 Å². The molecule has 2 N–H and O–H groups in total. The van der Waals surface area contributed by atoms with Crippen LogP contribution in [0.1, 0.15) is 44.7 Å². The van der Waals surface area contributed by atoms with Crippen LogP contribution < -0.4 is 15.5 Å². The van der Waals surface area contributed by atoms with Crippen molar-refractivity contribution in [1.82, 2.24) is 29.8 Å². The van der Waals surface area contributed by atoms with E-state index in [1.165, 1.54) is 22.5 Å². The van der Waals surface area contributed by atoms with Gasteiger partial charge in [0.05, 0.1) is 6.20 Å². The second-order valence-electron chi connectivity index (χ2n) is 9.73. The van der Waals surface area contributed by atoms with E-state index in [4.69, 9.17) is 4.98 Å². The molecule has 0 radical (unpaired) electrons. The summed E-state index contributed by atoms with van der Waals surface area (Å²) in [4.78, 5) is 40.5. The van der Waals surface area contributed by atoms with Crippen molar-refractivity contribution in [3.8, 4) is 0 Å². The summed E-state index contributed by atoms with van der Waals surface area (Å²) in [6.07, 6.45) is 5.93. The second kappa shape index (κ2) is 11.8. The molecular weight excluding hydrogens is 510 g/mol. The predicted molar refractivity (Wildman–Crippen MR) is 155 cm³/mol. The van der Waals surface area contributed by atoms with Crippen molar-refractivity contribution in [1.29, 1.82) is 0 Å². The third kappa shape index (κ3) is 6.55. The number of piperazine rings is 1. The Morgan fingerprint density at radius 1 is 1.00 bits per heavy atom. The van der Waals surface area contributed by atoms with Crippen LogP contribution in [0.4, 0.5) is 22.7 Å². The largest absolute Gasteiger partial charge is 0.338 e. The molecule has 4 heterocycles. The Bertz CT molecular complexity index is 1430. The number of carbonyl (C=O) groups excluding carboxylic acids is 1. The van der Waals surface area contributed by atoms with Crippen LogP contribution in [0, 0.1) is 20.8 Å². The molecule has 0 aliphatic carbocycles. The predicted octanol–water partition coefficient (Wildman–Crippen LogP) is 4.53. The smallest absolute Gasteiger partial charge is 0.267 e. The summed E-state index contributed by atoms with van der Waals surface area (Å²) in [6.45, 7) is 12.5. The van der Waals surface area contributed by atoms with Crippen LogP contribution in [-0.2, 0) is 13.0 Å². The van der Waals surface area contributed by atoms with Gasteiger partial charge in [0.25, 0.3) is 5.91 Å². The van der Waals surface area contributed by atoms with Gasteiger partial charge in [-0.3, -0.25) is 20.0 Å². The van der Waals surface area contributed by atoms with Crippen molar-refractivity contribution < 1.29 is 4.79 Å². The van der Waals surface area contributed by atoms with Gasteiger partial charge in [-0.2, -0.15) is 15.0 Å². The Hall–Kier alpha value is -3.96. The fourth-order valence-electron chi connectivity index (χ4n) is 4.70. The van der Waals surface area contributed by atoms with Gasteiger partial charge in [0.15, 0.2) is 5.13 Å². The average Bonchev–Trinajstić information content (AvgIpc) is 3.40. The maximum atomic E-state index is 12.9. The zero-order valence-corrected chi connectivity index (χ0v) is 23.5. The summed E-state index contributed by atoms with van der Waals surface area (Å²) in [5, 5.41) is 6.78. The van der Waals surface area contributed by atoms with Crippen molar-refractivity contribution in [3.05, 3.63) is 75.8 Å².